The van der Waals surface area contributed by atoms with E-state index in [1.54, 1.807) is 0 Å². The molecule has 2 unspecified atom stereocenters. The second-order valence-corrected chi connectivity index (χ2v) is 5.14. The van der Waals surface area contributed by atoms with E-state index in [4.69, 9.17) is 0 Å². The molecule has 86 valence electrons. The van der Waals surface area contributed by atoms with Crippen molar-refractivity contribution in [3.8, 4) is 0 Å². The lowest BCUT2D eigenvalue weighted by Gasteiger charge is -2.22. The first-order valence-corrected chi connectivity index (χ1v) is 6.32. The van der Waals surface area contributed by atoms with E-state index in [9.17, 15) is 5.11 Å². The average molecular weight is 217 g/mol. The molecule has 2 aliphatic rings. The Morgan fingerprint density at radius 2 is 1.81 bits per heavy atom. The summed E-state index contributed by atoms with van der Waals surface area (Å²) in [6.45, 7) is 2.55. The molecule has 2 nitrogen and oxygen atoms in total. The van der Waals surface area contributed by atoms with Gasteiger partial charge < -0.3 is 10.0 Å². The Hall–Kier alpha value is -1.02. The molecule has 1 N–H and O–H groups in total. The molecular weight excluding hydrogens is 198 g/mol. The molecule has 1 aromatic carbocycles. The van der Waals surface area contributed by atoms with Crippen LogP contribution in [0.1, 0.15) is 24.8 Å². The van der Waals surface area contributed by atoms with Gasteiger partial charge in [0, 0.05) is 24.3 Å². The van der Waals surface area contributed by atoms with Gasteiger partial charge in [-0.1, -0.05) is 24.6 Å². The van der Waals surface area contributed by atoms with Crippen molar-refractivity contribution in [3.05, 3.63) is 29.8 Å². The standard InChI is InChI=1S/C14H19NO/c16-10-13-4-1-2-7-14(13)15-8-11-5-3-6-12(11)9-15/h1-2,4,7,11-12,16H,3,5-6,8-10H2. The Labute approximate surface area is 96.9 Å². The highest BCUT2D eigenvalue weighted by molar-refractivity contribution is 5.54. The summed E-state index contributed by atoms with van der Waals surface area (Å²) in [5, 5.41) is 9.36. The van der Waals surface area contributed by atoms with Crippen molar-refractivity contribution in [2.45, 2.75) is 25.9 Å². The van der Waals surface area contributed by atoms with Gasteiger partial charge in [0.05, 0.1) is 6.61 Å². The molecule has 1 saturated carbocycles. The van der Waals surface area contributed by atoms with Crippen molar-refractivity contribution in [3.63, 3.8) is 0 Å². The SMILES string of the molecule is OCc1ccccc1N1CC2CCCC2C1. The molecule has 0 radical (unpaired) electrons. The highest BCUT2D eigenvalue weighted by Gasteiger charge is 2.36. The monoisotopic (exact) mass is 217 g/mol. The van der Waals surface area contributed by atoms with Crippen LogP contribution in [0.15, 0.2) is 24.3 Å². The lowest BCUT2D eigenvalue weighted by atomic mass is 10.0. The second-order valence-electron chi connectivity index (χ2n) is 5.14. The second kappa shape index (κ2) is 4.10. The third-order valence-electron chi connectivity index (χ3n) is 4.23. The molecule has 2 atom stereocenters. The van der Waals surface area contributed by atoms with E-state index in [1.807, 2.05) is 12.1 Å². The third-order valence-corrected chi connectivity index (χ3v) is 4.23. The molecule has 0 bridgehead atoms. The summed E-state index contributed by atoms with van der Waals surface area (Å²) in [6.07, 6.45) is 4.23. The summed E-state index contributed by atoms with van der Waals surface area (Å²) in [5.74, 6) is 1.82. The van der Waals surface area contributed by atoms with Crippen LogP contribution in [0, 0.1) is 11.8 Å². The Kier molecular flexibility index (Phi) is 2.60. The fourth-order valence-electron chi connectivity index (χ4n) is 3.38. The van der Waals surface area contributed by atoms with Gasteiger partial charge in [-0.2, -0.15) is 0 Å². The van der Waals surface area contributed by atoms with Crippen LogP contribution >= 0.6 is 0 Å². The summed E-state index contributed by atoms with van der Waals surface area (Å²) >= 11 is 0. The zero-order chi connectivity index (χ0) is 11.0. The summed E-state index contributed by atoms with van der Waals surface area (Å²) in [6, 6.07) is 8.25. The molecule has 0 amide bonds. The molecule has 1 aliphatic heterocycles. The average Bonchev–Trinajstić information content (AvgIpc) is 2.89. The van der Waals surface area contributed by atoms with Crippen molar-refractivity contribution in [1.82, 2.24) is 0 Å². The van der Waals surface area contributed by atoms with Crippen molar-refractivity contribution in [2.75, 3.05) is 18.0 Å². The van der Waals surface area contributed by atoms with Crippen LogP contribution in [0.4, 0.5) is 5.69 Å². The van der Waals surface area contributed by atoms with Crippen LogP contribution in [0.3, 0.4) is 0 Å². The van der Waals surface area contributed by atoms with Gasteiger partial charge in [-0.15, -0.1) is 0 Å². The van der Waals surface area contributed by atoms with Gasteiger partial charge in [-0.05, 0) is 30.7 Å². The molecule has 1 aliphatic carbocycles. The number of nitrogens with zero attached hydrogens (tertiary/aromatic N) is 1. The highest BCUT2D eigenvalue weighted by Crippen LogP contribution is 2.40. The van der Waals surface area contributed by atoms with Crippen molar-refractivity contribution < 1.29 is 5.11 Å². The maximum atomic E-state index is 9.36. The van der Waals surface area contributed by atoms with Crippen LogP contribution < -0.4 is 4.90 Å². The minimum atomic E-state index is 0.155. The van der Waals surface area contributed by atoms with E-state index < -0.39 is 0 Å². The van der Waals surface area contributed by atoms with Gasteiger partial charge in [0.1, 0.15) is 0 Å². The fourth-order valence-corrected chi connectivity index (χ4v) is 3.38. The summed E-state index contributed by atoms with van der Waals surface area (Å²) in [4.78, 5) is 2.47. The first-order valence-electron chi connectivity index (χ1n) is 6.32. The van der Waals surface area contributed by atoms with Crippen molar-refractivity contribution >= 4 is 5.69 Å². The number of benzene rings is 1. The van der Waals surface area contributed by atoms with Crippen molar-refractivity contribution in [2.24, 2.45) is 11.8 Å². The maximum absolute atomic E-state index is 9.36. The minimum absolute atomic E-state index is 0.155. The molecule has 0 aromatic heterocycles. The van der Waals surface area contributed by atoms with Gasteiger partial charge in [0.2, 0.25) is 0 Å². The number of aliphatic hydroxyl groups excluding tert-OH is 1. The fraction of sp³-hybridized carbons (Fsp3) is 0.571. The van der Waals surface area contributed by atoms with Crippen LogP contribution in [0.25, 0.3) is 0 Å². The van der Waals surface area contributed by atoms with Crippen LogP contribution in [0.2, 0.25) is 0 Å². The van der Waals surface area contributed by atoms with E-state index >= 15 is 0 Å². The van der Waals surface area contributed by atoms with E-state index in [-0.39, 0.29) is 6.61 Å². The molecular formula is C14H19NO. The summed E-state index contributed by atoms with van der Waals surface area (Å²) < 4.78 is 0. The first kappa shape index (κ1) is 10.2. The van der Waals surface area contributed by atoms with Gasteiger partial charge in [-0.25, -0.2) is 0 Å². The van der Waals surface area contributed by atoms with Gasteiger partial charge in [-0.3, -0.25) is 0 Å². The Balaban J connectivity index is 1.83. The number of hydrogen-bond donors (Lipinski definition) is 1. The predicted molar refractivity (Wildman–Crippen MR) is 65.4 cm³/mol. The van der Waals surface area contributed by atoms with E-state index in [1.165, 1.54) is 38.0 Å². The Morgan fingerprint density at radius 1 is 1.12 bits per heavy atom. The van der Waals surface area contributed by atoms with Gasteiger partial charge in [0.25, 0.3) is 0 Å². The largest absolute Gasteiger partial charge is 0.392 e. The normalized spacial score (nSPS) is 28.4. The number of para-hydroxylation sites is 1. The number of hydrogen-bond acceptors (Lipinski definition) is 2. The molecule has 1 saturated heterocycles. The number of rotatable bonds is 2. The highest BCUT2D eigenvalue weighted by atomic mass is 16.3. The minimum Gasteiger partial charge on any atom is -0.392 e. The molecule has 1 heterocycles. The third kappa shape index (κ3) is 1.61. The van der Waals surface area contributed by atoms with Crippen LogP contribution in [-0.2, 0) is 6.61 Å². The summed E-state index contributed by atoms with van der Waals surface area (Å²) in [5.41, 5.74) is 2.32. The molecule has 2 fully saturated rings. The van der Waals surface area contributed by atoms with Crippen molar-refractivity contribution in [1.29, 1.82) is 0 Å². The first-order chi connectivity index (χ1) is 7.88. The Bertz CT molecular complexity index is 365. The van der Waals surface area contributed by atoms with Crippen LogP contribution in [-0.4, -0.2) is 18.2 Å². The predicted octanol–water partition coefficient (Wildman–Crippen LogP) is 2.42. The number of aliphatic hydroxyl groups is 1. The number of anilines is 1. The Morgan fingerprint density at radius 3 is 2.50 bits per heavy atom. The summed E-state index contributed by atoms with van der Waals surface area (Å²) in [7, 11) is 0. The van der Waals surface area contributed by atoms with Gasteiger partial charge in [0.15, 0.2) is 0 Å². The quantitative estimate of drug-likeness (QED) is 0.822. The molecule has 1 aromatic rings. The topological polar surface area (TPSA) is 23.5 Å². The lowest BCUT2D eigenvalue weighted by molar-refractivity contribution is 0.282. The van der Waals surface area contributed by atoms with Crippen LogP contribution in [0.5, 0.6) is 0 Å². The van der Waals surface area contributed by atoms with E-state index in [0.717, 1.165) is 17.4 Å². The zero-order valence-electron chi connectivity index (χ0n) is 9.60. The molecule has 2 heteroatoms. The number of fused-ring (bicyclic) bond motifs is 1. The smallest absolute Gasteiger partial charge is 0.0702 e. The van der Waals surface area contributed by atoms with E-state index in [2.05, 4.69) is 17.0 Å². The molecule has 16 heavy (non-hydrogen) atoms. The zero-order valence-corrected chi connectivity index (χ0v) is 9.60. The molecule has 0 spiro atoms. The molecule has 3 rings (SSSR count). The van der Waals surface area contributed by atoms with E-state index in [0.29, 0.717) is 0 Å². The van der Waals surface area contributed by atoms with Gasteiger partial charge >= 0.3 is 0 Å². The lowest BCUT2D eigenvalue weighted by Crippen LogP contribution is -2.22. The maximum Gasteiger partial charge on any atom is 0.0702 e.